The first-order chi connectivity index (χ1) is 7.60. The molecule has 0 bridgehead atoms. The summed E-state index contributed by atoms with van der Waals surface area (Å²) in [5.74, 6) is 0.364. The molecule has 0 radical (unpaired) electrons. The van der Waals surface area contributed by atoms with Gasteiger partial charge in [-0.05, 0) is 13.3 Å². The van der Waals surface area contributed by atoms with E-state index in [4.69, 9.17) is 5.11 Å². The van der Waals surface area contributed by atoms with Gasteiger partial charge in [0.1, 0.15) is 6.20 Å². The van der Waals surface area contributed by atoms with Crippen molar-refractivity contribution >= 4 is 11.5 Å². The van der Waals surface area contributed by atoms with Crippen molar-refractivity contribution in [1.29, 1.82) is 0 Å². The van der Waals surface area contributed by atoms with Gasteiger partial charge in [0.2, 0.25) is 5.82 Å². The second kappa shape index (κ2) is 5.45. The Morgan fingerprint density at radius 2 is 2.38 bits per heavy atom. The topological polar surface area (TPSA) is 84.4 Å². The van der Waals surface area contributed by atoms with Gasteiger partial charge in [0.05, 0.1) is 4.92 Å². The Morgan fingerprint density at radius 3 is 2.88 bits per heavy atom. The molecule has 0 aliphatic carbocycles. The number of anilines is 1. The van der Waals surface area contributed by atoms with Gasteiger partial charge >= 0.3 is 5.69 Å². The highest BCUT2D eigenvalue weighted by molar-refractivity contribution is 5.56. The third-order valence-corrected chi connectivity index (χ3v) is 2.25. The van der Waals surface area contributed by atoms with Gasteiger partial charge in [-0.25, -0.2) is 0 Å². The lowest BCUT2D eigenvalue weighted by molar-refractivity contribution is -0.384. The van der Waals surface area contributed by atoms with E-state index in [9.17, 15) is 10.1 Å². The summed E-state index contributed by atoms with van der Waals surface area (Å²) in [6, 6.07) is 0. The summed E-state index contributed by atoms with van der Waals surface area (Å²) in [6.07, 6.45) is 1.96. The van der Waals surface area contributed by atoms with Crippen LogP contribution in [0.5, 0.6) is 0 Å². The molecule has 0 aliphatic rings. The van der Waals surface area contributed by atoms with Gasteiger partial charge in [0.25, 0.3) is 0 Å². The molecule has 1 heterocycles. The van der Waals surface area contributed by atoms with E-state index in [-0.39, 0.29) is 12.3 Å². The van der Waals surface area contributed by atoms with Gasteiger partial charge in [-0.15, -0.1) is 5.10 Å². The third-order valence-electron chi connectivity index (χ3n) is 2.25. The molecule has 7 nitrogen and oxygen atoms in total. The summed E-state index contributed by atoms with van der Waals surface area (Å²) in [6.45, 7) is 3.15. The Labute approximate surface area is 93.4 Å². The van der Waals surface area contributed by atoms with Crippen molar-refractivity contribution in [2.24, 2.45) is 7.05 Å². The fraction of sp³-hybridized carbons (Fsp3) is 0.667. The zero-order valence-corrected chi connectivity index (χ0v) is 9.46. The van der Waals surface area contributed by atoms with Crippen molar-refractivity contribution in [3.63, 3.8) is 0 Å². The molecule has 0 fully saturated rings. The van der Waals surface area contributed by atoms with Crippen LogP contribution in [0.4, 0.5) is 11.5 Å². The van der Waals surface area contributed by atoms with Gasteiger partial charge in [0, 0.05) is 26.7 Å². The summed E-state index contributed by atoms with van der Waals surface area (Å²) in [5.41, 5.74) is 0.00212. The van der Waals surface area contributed by atoms with E-state index < -0.39 is 4.92 Å². The molecule has 90 valence electrons. The van der Waals surface area contributed by atoms with Crippen molar-refractivity contribution < 1.29 is 10.0 Å². The van der Waals surface area contributed by atoms with Crippen LogP contribution in [0.1, 0.15) is 13.3 Å². The highest BCUT2D eigenvalue weighted by atomic mass is 16.6. The number of nitrogens with zero attached hydrogens (tertiary/aromatic N) is 4. The van der Waals surface area contributed by atoms with Gasteiger partial charge in [-0.2, -0.15) is 0 Å². The van der Waals surface area contributed by atoms with Crippen LogP contribution in [-0.2, 0) is 7.05 Å². The molecular formula is C9H16N4O3. The van der Waals surface area contributed by atoms with Gasteiger partial charge in [-0.1, -0.05) is 0 Å². The number of aliphatic hydroxyl groups is 1. The van der Waals surface area contributed by atoms with Crippen molar-refractivity contribution in [3.8, 4) is 0 Å². The summed E-state index contributed by atoms with van der Waals surface area (Å²) in [7, 11) is 1.65. The maximum absolute atomic E-state index is 10.8. The third kappa shape index (κ3) is 2.69. The first-order valence-electron chi connectivity index (χ1n) is 5.14. The Morgan fingerprint density at radius 1 is 1.69 bits per heavy atom. The average Bonchev–Trinajstić information content (AvgIpc) is 2.62. The largest absolute Gasteiger partial charge is 0.396 e. The van der Waals surface area contributed by atoms with Gasteiger partial charge < -0.3 is 10.0 Å². The molecule has 16 heavy (non-hydrogen) atoms. The standard InChI is InChI=1S/C9H16N4O3/c1-3-12(5-4-6-14)9-8(13(15)16)7-11(2)10-9/h7,14H,3-6H2,1-2H3. The normalized spacial score (nSPS) is 10.4. The summed E-state index contributed by atoms with van der Waals surface area (Å²) in [5, 5.41) is 23.6. The zero-order chi connectivity index (χ0) is 12.1. The molecule has 1 aromatic heterocycles. The molecule has 1 rings (SSSR count). The van der Waals surface area contributed by atoms with E-state index in [0.717, 1.165) is 0 Å². The van der Waals surface area contributed by atoms with E-state index >= 15 is 0 Å². The Kier molecular flexibility index (Phi) is 4.24. The molecule has 1 N–H and O–H groups in total. The van der Waals surface area contributed by atoms with Crippen molar-refractivity contribution in [1.82, 2.24) is 9.78 Å². The van der Waals surface area contributed by atoms with Crippen LogP contribution >= 0.6 is 0 Å². The van der Waals surface area contributed by atoms with Crippen molar-refractivity contribution in [2.75, 3.05) is 24.6 Å². The van der Waals surface area contributed by atoms with Crippen LogP contribution in [0.2, 0.25) is 0 Å². The van der Waals surface area contributed by atoms with Crippen molar-refractivity contribution in [3.05, 3.63) is 16.3 Å². The second-order valence-electron chi connectivity index (χ2n) is 3.43. The SMILES string of the molecule is CCN(CCCO)c1nn(C)cc1[N+](=O)[O-]. The lowest BCUT2D eigenvalue weighted by Crippen LogP contribution is -2.25. The monoisotopic (exact) mass is 228 g/mol. The number of rotatable bonds is 6. The predicted octanol–water partition coefficient (Wildman–Crippen LogP) is 0.537. The lowest BCUT2D eigenvalue weighted by atomic mass is 10.3. The molecule has 0 aromatic carbocycles. The molecule has 7 heteroatoms. The number of aromatic nitrogens is 2. The maximum atomic E-state index is 10.8. The molecule has 0 saturated carbocycles. The molecule has 1 aromatic rings. The first-order valence-corrected chi connectivity index (χ1v) is 5.14. The number of hydrogen-bond donors (Lipinski definition) is 1. The van der Waals surface area contributed by atoms with Crippen molar-refractivity contribution in [2.45, 2.75) is 13.3 Å². The highest BCUT2D eigenvalue weighted by Gasteiger charge is 2.22. The summed E-state index contributed by atoms with van der Waals surface area (Å²) < 4.78 is 1.43. The average molecular weight is 228 g/mol. The van der Waals surface area contributed by atoms with Crippen LogP contribution in [0.15, 0.2) is 6.20 Å². The molecule has 0 spiro atoms. The minimum Gasteiger partial charge on any atom is -0.396 e. The fourth-order valence-electron chi connectivity index (χ4n) is 1.49. The summed E-state index contributed by atoms with van der Waals surface area (Å²) in [4.78, 5) is 12.2. The van der Waals surface area contributed by atoms with Gasteiger partial charge in [0.15, 0.2) is 0 Å². The number of aryl methyl sites for hydroxylation is 1. The predicted molar refractivity (Wildman–Crippen MR) is 59.5 cm³/mol. The van der Waals surface area contributed by atoms with E-state index in [1.165, 1.54) is 10.9 Å². The minimum absolute atomic E-state index is 0.00212. The zero-order valence-electron chi connectivity index (χ0n) is 9.46. The molecular weight excluding hydrogens is 212 g/mol. The van der Waals surface area contributed by atoms with Gasteiger partial charge in [-0.3, -0.25) is 14.8 Å². The number of hydrogen-bond acceptors (Lipinski definition) is 5. The van der Waals surface area contributed by atoms with E-state index in [0.29, 0.717) is 25.3 Å². The number of nitro groups is 1. The van der Waals surface area contributed by atoms with E-state index in [2.05, 4.69) is 5.10 Å². The first kappa shape index (κ1) is 12.4. The van der Waals surface area contributed by atoms with Crippen LogP contribution < -0.4 is 4.90 Å². The van der Waals surface area contributed by atoms with E-state index in [1.54, 1.807) is 11.9 Å². The molecule has 0 unspecified atom stereocenters. The molecule has 0 atom stereocenters. The second-order valence-corrected chi connectivity index (χ2v) is 3.43. The molecule has 0 saturated heterocycles. The Bertz CT molecular complexity index is 364. The van der Waals surface area contributed by atoms with Crippen LogP contribution in [-0.4, -0.2) is 39.5 Å². The molecule has 0 amide bonds. The quantitative estimate of drug-likeness (QED) is 0.567. The van der Waals surface area contributed by atoms with E-state index in [1.807, 2.05) is 6.92 Å². The smallest absolute Gasteiger partial charge is 0.330 e. The fourth-order valence-corrected chi connectivity index (χ4v) is 1.49. The van der Waals surface area contributed by atoms with Crippen LogP contribution in [0.25, 0.3) is 0 Å². The molecule has 0 aliphatic heterocycles. The highest BCUT2D eigenvalue weighted by Crippen LogP contribution is 2.25. The Hall–Kier alpha value is -1.63. The maximum Gasteiger partial charge on any atom is 0.330 e. The van der Waals surface area contributed by atoms with Crippen LogP contribution in [0, 0.1) is 10.1 Å². The number of aliphatic hydroxyl groups excluding tert-OH is 1. The minimum atomic E-state index is -0.441. The van der Waals surface area contributed by atoms with Crippen LogP contribution in [0.3, 0.4) is 0 Å². The lowest BCUT2D eigenvalue weighted by Gasteiger charge is -2.18. The summed E-state index contributed by atoms with van der Waals surface area (Å²) >= 11 is 0. The Balaban J connectivity index is 2.94.